The number of hydrogen-bond donors (Lipinski definition) is 2. The molecule has 144 valence electrons. The van der Waals surface area contributed by atoms with Crippen molar-refractivity contribution in [3.05, 3.63) is 80.8 Å². The highest BCUT2D eigenvalue weighted by Gasteiger charge is 2.17. The van der Waals surface area contributed by atoms with Crippen molar-refractivity contribution in [3.8, 4) is 0 Å². The van der Waals surface area contributed by atoms with Crippen LogP contribution in [0.15, 0.2) is 48.7 Å². The monoisotopic (exact) mass is 436 g/mol. The zero-order chi connectivity index (χ0) is 20.3. The Hall–Kier alpha value is -2.54. The predicted molar refractivity (Wildman–Crippen MR) is 110 cm³/mol. The van der Waals surface area contributed by atoms with Crippen molar-refractivity contribution >= 4 is 52.3 Å². The van der Waals surface area contributed by atoms with Crippen LogP contribution >= 0.6 is 34.8 Å². The number of aromatic nitrogens is 2. The molecule has 6 nitrogen and oxygen atoms in total. The minimum atomic E-state index is -0.403. The van der Waals surface area contributed by atoms with Gasteiger partial charge in [-0.25, -0.2) is 0 Å². The lowest BCUT2D eigenvalue weighted by atomic mass is 10.2. The first-order valence-corrected chi connectivity index (χ1v) is 9.30. The summed E-state index contributed by atoms with van der Waals surface area (Å²) in [6, 6.07) is 11.5. The molecule has 0 bridgehead atoms. The van der Waals surface area contributed by atoms with Gasteiger partial charge in [-0.3, -0.25) is 14.6 Å². The molecular weight excluding hydrogens is 423 g/mol. The molecule has 0 aliphatic rings. The van der Waals surface area contributed by atoms with Crippen LogP contribution in [0.1, 0.15) is 26.5 Å². The summed E-state index contributed by atoms with van der Waals surface area (Å²) in [5.74, 6) is -0.741. The SMILES string of the molecule is Cn1c(C(=O)Nc2ccc(C(=O)NCc3ccccn3)c(Cl)c2)cc(Cl)c1Cl. The first kappa shape index (κ1) is 20.2. The summed E-state index contributed by atoms with van der Waals surface area (Å²) in [7, 11) is 1.63. The molecule has 3 aromatic rings. The first-order valence-electron chi connectivity index (χ1n) is 8.16. The second-order valence-corrected chi connectivity index (χ2v) is 7.05. The van der Waals surface area contributed by atoms with Crippen LogP contribution in [0.3, 0.4) is 0 Å². The van der Waals surface area contributed by atoms with Gasteiger partial charge in [-0.05, 0) is 36.4 Å². The van der Waals surface area contributed by atoms with Gasteiger partial charge in [0.1, 0.15) is 10.8 Å². The first-order chi connectivity index (χ1) is 13.4. The van der Waals surface area contributed by atoms with Crippen molar-refractivity contribution in [2.75, 3.05) is 5.32 Å². The van der Waals surface area contributed by atoms with Crippen molar-refractivity contribution in [2.45, 2.75) is 6.54 Å². The lowest BCUT2D eigenvalue weighted by Crippen LogP contribution is -2.23. The van der Waals surface area contributed by atoms with Crippen LogP contribution in [0, 0.1) is 0 Å². The number of nitrogens with one attached hydrogen (secondary N) is 2. The van der Waals surface area contributed by atoms with Gasteiger partial charge in [-0.1, -0.05) is 40.9 Å². The third-order valence-corrected chi connectivity index (χ3v) is 5.13. The summed E-state index contributed by atoms with van der Waals surface area (Å²) in [6.07, 6.45) is 1.65. The molecule has 2 amide bonds. The number of carbonyl (C=O) groups is 2. The Morgan fingerprint density at radius 2 is 1.82 bits per heavy atom. The van der Waals surface area contributed by atoms with E-state index in [4.69, 9.17) is 34.8 Å². The summed E-state index contributed by atoms with van der Waals surface area (Å²) >= 11 is 18.1. The third kappa shape index (κ3) is 4.47. The van der Waals surface area contributed by atoms with Gasteiger partial charge in [0.2, 0.25) is 0 Å². The van der Waals surface area contributed by atoms with Crippen molar-refractivity contribution in [1.82, 2.24) is 14.9 Å². The smallest absolute Gasteiger partial charge is 0.272 e. The van der Waals surface area contributed by atoms with Crippen molar-refractivity contribution in [1.29, 1.82) is 0 Å². The lowest BCUT2D eigenvalue weighted by Gasteiger charge is -2.10. The molecule has 0 aliphatic heterocycles. The van der Waals surface area contributed by atoms with E-state index in [1.54, 1.807) is 25.4 Å². The number of pyridine rings is 1. The Labute approximate surface area is 176 Å². The molecule has 2 heterocycles. The molecule has 0 spiro atoms. The van der Waals surface area contributed by atoms with E-state index in [1.165, 1.54) is 22.8 Å². The summed E-state index contributed by atoms with van der Waals surface area (Å²) < 4.78 is 1.47. The zero-order valence-electron chi connectivity index (χ0n) is 14.7. The van der Waals surface area contributed by atoms with Crippen molar-refractivity contribution < 1.29 is 9.59 Å². The van der Waals surface area contributed by atoms with Gasteiger partial charge in [0.15, 0.2) is 0 Å². The molecule has 0 fully saturated rings. The Morgan fingerprint density at radius 1 is 1.04 bits per heavy atom. The van der Waals surface area contributed by atoms with Crippen LogP contribution in [0.4, 0.5) is 5.69 Å². The normalized spacial score (nSPS) is 10.6. The summed E-state index contributed by atoms with van der Waals surface area (Å²) in [5, 5.41) is 6.21. The van der Waals surface area contributed by atoms with Gasteiger partial charge in [0.05, 0.1) is 27.8 Å². The largest absolute Gasteiger partial charge is 0.346 e. The Morgan fingerprint density at radius 3 is 2.43 bits per heavy atom. The van der Waals surface area contributed by atoms with E-state index in [0.717, 1.165) is 5.69 Å². The Bertz CT molecular complexity index is 1040. The number of anilines is 1. The molecule has 0 aliphatic carbocycles. The van der Waals surface area contributed by atoms with Gasteiger partial charge in [0.25, 0.3) is 11.8 Å². The van der Waals surface area contributed by atoms with E-state index in [2.05, 4.69) is 15.6 Å². The van der Waals surface area contributed by atoms with E-state index in [9.17, 15) is 9.59 Å². The van der Waals surface area contributed by atoms with E-state index < -0.39 is 5.91 Å². The maximum Gasteiger partial charge on any atom is 0.272 e. The quantitative estimate of drug-likeness (QED) is 0.614. The molecule has 0 saturated carbocycles. The average molecular weight is 438 g/mol. The molecule has 1 aromatic carbocycles. The number of hydrogen-bond acceptors (Lipinski definition) is 3. The molecular formula is C19H15Cl3N4O2. The van der Waals surface area contributed by atoms with Crippen LogP contribution in [-0.4, -0.2) is 21.4 Å². The molecule has 0 atom stereocenters. The molecule has 0 saturated heterocycles. The molecule has 9 heteroatoms. The third-order valence-electron chi connectivity index (χ3n) is 3.98. The summed E-state index contributed by atoms with van der Waals surface area (Å²) in [5.41, 5.74) is 1.75. The minimum Gasteiger partial charge on any atom is -0.346 e. The number of halogens is 3. The predicted octanol–water partition coefficient (Wildman–Crippen LogP) is 4.56. The Kier molecular flexibility index (Phi) is 6.24. The standard InChI is InChI=1S/C19H15Cl3N4O2/c1-26-16(9-15(21)17(26)22)19(28)25-11-5-6-13(14(20)8-11)18(27)24-10-12-4-2-3-7-23-12/h2-9H,10H2,1H3,(H,24,27)(H,25,28). The molecule has 0 unspecified atom stereocenters. The van der Waals surface area contributed by atoms with Gasteiger partial charge in [-0.15, -0.1) is 0 Å². The number of carbonyl (C=O) groups excluding carboxylic acids is 2. The highest BCUT2D eigenvalue weighted by atomic mass is 35.5. The molecule has 2 aromatic heterocycles. The number of nitrogens with zero attached hydrogens (tertiary/aromatic N) is 2. The average Bonchev–Trinajstić information content (AvgIpc) is 2.94. The van der Waals surface area contributed by atoms with Crippen LogP contribution in [-0.2, 0) is 13.6 Å². The van der Waals surface area contributed by atoms with E-state index >= 15 is 0 Å². The van der Waals surface area contributed by atoms with Crippen LogP contribution in [0.5, 0.6) is 0 Å². The number of rotatable bonds is 5. The van der Waals surface area contributed by atoms with Crippen molar-refractivity contribution in [2.24, 2.45) is 7.05 Å². The summed E-state index contributed by atoms with van der Waals surface area (Å²) in [6.45, 7) is 0.281. The fraction of sp³-hybridized carbons (Fsp3) is 0.105. The highest BCUT2D eigenvalue weighted by molar-refractivity contribution is 6.42. The van der Waals surface area contributed by atoms with Crippen LogP contribution < -0.4 is 10.6 Å². The summed E-state index contributed by atoms with van der Waals surface area (Å²) in [4.78, 5) is 28.9. The second kappa shape index (κ2) is 8.65. The van der Waals surface area contributed by atoms with E-state index in [-0.39, 0.29) is 27.7 Å². The molecule has 0 radical (unpaired) electrons. The van der Waals surface area contributed by atoms with Crippen LogP contribution in [0.2, 0.25) is 15.2 Å². The van der Waals surface area contributed by atoms with Gasteiger partial charge in [0, 0.05) is 18.9 Å². The second-order valence-electron chi connectivity index (χ2n) is 5.88. The number of amides is 2. The zero-order valence-corrected chi connectivity index (χ0v) is 16.9. The fourth-order valence-electron chi connectivity index (χ4n) is 2.50. The van der Waals surface area contributed by atoms with Gasteiger partial charge in [-0.2, -0.15) is 0 Å². The lowest BCUT2D eigenvalue weighted by molar-refractivity contribution is 0.0950. The highest BCUT2D eigenvalue weighted by Crippen LogP contribution is 2.26. The molecule has 2 N–H and O–H groups in total. The Balaban J connectivity index is 1.68. The van der Waals surface area contributed by atoms with E-state index in [1.807, 2.05) is 12.1 Å². The molecule has 3 rings (SSSR count). The van der Waals surface area contributed by atoms with Gasteiger partial charge < -0.3 is 15.2 Å². The molecule has 28 heavy (non-hydrogen) atoms. The van der Waals surface area contributed by atoms with Crippen LogP contribution in [0.25, 0.3) is 0 Å². The van der Waals surface area contributed by atoms with Gasteiger partial charge >= 0.3 is 0 Å². The minimum absolute atomic E-state index is 0.208. The number of benzene rings is 1. The fourth-order valence-corrected chi connectivity index (χ4v) is 3.14. The van der Waals surface area contributed by atoms with Crippen molar-refractivity contribution in [3.63, 3.8) is 0 Å². The topological polar surface area (TPSA) is 76.0 Å². The maximum absolute atomic E-state index is 12.4. The maximum atomic E-state index is 12.4. The van der Waals surface area contributed by atoms with E-state index in [0.29, 0.717) is 16.9 Å².